The van der Waals surface area contributed by atoms with Gasteiger partial charge in [-0.25, -0.2) is 4.98 Å². The summed E-state index contributed by atoms with van der Waals surface area (Å²) in [7, 11) is 0. The number of carbonyl (C=O) groups is 2. The number of benzene rings is 1. The third-order valence-electron chi connectivity index (χ3n) is 7.04. The largest absolute Gasteiger partial charge is 0.343 e. The van der Waals surface area contributed by atoms with Crippen LogP contribution in [-0.2, 0) is 11.2 Å². The lowest BCUT2D eigenvalue weighted by Crippen LogP contribution is -2.47. The summed E-state index contributed by atoms with van der Waals surface area (Å²) in [5.41, 5.74) is 2.01. The maximum absolute atomic E-state index is 12.2. The highest BCUT2D eigenvalue weighted by Crippen LogP contribution is 2.61. The van der Waals surface area contributed by atoms with Crippen LogP contribution in [0.4, 0.5) is 5.13 Å². The average Bonchev–Trinajstić information content (AvgIpc) is 3.11. The molecule has 1 aromatic carbocycles. The van der Waals surface area contributed by atoms with E-state index in [1.165, 1.54) is 49.9 Å². The Hall–Kier alpha value is -1.92. The molecule has 30 heavy (non-hydrogen) atoms. The van der Waals surface area contributed by atoms with Crippen LogP contribution in [0, 0.1) is 23.2 Å². The molecule has 2 amide bonds. The fourth-order valence-corrected chi connectivity index (χ4v) is 7.22. The Morgan fingerprint density at radius 1 is 1.07 bits per heavy atom. The van der Waals surface area contributed by atoms with Gasteiger partial charge in [-0.1, -0.05) is 11.6 Å². The third-order valence-corrected chi connectivity index (χ3v) is 8.09. The van der Waals surface area contributed by atoms with Crippen LogP contribution in [0.3, 0.4) is 0 Å². The molecule has 4 aliphatic carbocycles. The molecule has 4 fully saturated rings. The highest BCUT2D eigenvalue weighted by atomic mass is 35.5. The van der Waals surface area contributed by atoms with Crippen molar-refractivity contribution in [3.63, 3.8) is 0 Å². The summed E-state index contributed by atoms with van der Waals surface area (Å²) < 4.78 is 0. The summed E-state index contributed by atoms with van der Waals surface area (Å²) in [6.45, 7) is -0.0919. The quantitative estimate of drug-likeness (QED) is 0.665. The van der Waals surface area contributed by atoms with E-state index in [-0.39, 0.29) is 18.4 Å². The number of amides is 2. The first kappa shape index (κ1) is 20.0. The van der Waals surface area contributed by atoms with Crippen molar-refractivity contribution < 1.29 is 9.59 Å². The summed E-state index contributed by atoms with van der Waals surface area (Å²) >= 11 is 7.30. The van der Waals surface area contributed by atoms with E-state index in [0.717, 1.165) is 29.9 Å². The van der Waals surface area contributed by atoms with Crippen LogP contribution >= 0.6 is 22.9 Å². The number of anilines is 1. The molecule has 0 radical (unpaired) electrons. The van der Waals surface area contributed by atoms with Gasteiger partial charge in [0.1, 0.15) is 0 Å². The number of thiazole rings is 1. The lowest BCUT2D eigenvalue weighted by atomic mass is 9.48. The van der Waals surface area contributed by atoms with Gasteiger partial charge in [-0.05, 0) is 92.4 Å². The number of aromatic nitrogens is 1. The van der Waals surface area contributed by atoms with Crippen molar-refractivity contribution in [2.24, 2.45) is 23.2 Å². The average molecular weight is 444 g/mol. The Bertz CT molecular complexity index is 920. The van der Waals surface area contributed by atoms with Crippen LogP contribution < -0.4 is 10.6 Å². The van der Waals surface area contributed by atoms with Crippen molar-refractivity contribution in [3.05, 3.63) is 45.9 Å². The molecule has 5 nitrogen and oxygen atoms in total. The van der Waals surface area contributed by atoms with E-state index in [9.17, 15) is 9.59 Å². The number of halogens is 1. The molecule has 6 rings (SSSR count). The summed E-state index contributed by atoms with van der Waals surface area (Å²) in [6, 6.07) is 6.56. The molecule has 7 heteroatoms. The first-order valence-corrected chi connectivity index (χ1v) is 12.0. The van der Waals surface area contributed by atoms with E-state index < -0.39 is 0 Å². The topological polar surface area (TPSA) is 71.1 Å². The first-order chi connectivity index (χ1) is 14.5. The van der Waals surface area contributed by atoms with Gasteiger partial charge in [0.25, 0.3) is 5.91 Å². The lowest BCUT2D eigenvalue weighted by molar-refractivity contribution is -0.115. The molecule has 2 aromatic rings. The number of nitrogens with zero attached hydrogens (tertiary/aromatic N) is 1. The highest BCUT2D eigenvalue weighted by Gasteiger charge is 2.50. The molecule has 0 aliphatic heterocycles. The fourth-order valence-electron chi connectivity index (χ4n) is 6.36. The van der Waals surface area contributed by atoms with Gasteiger partial charge < -0.3 is 10.6 Å². The summed E-state index contributed by atoms with van der Waals surface area (Å²) in [6.07, 6.45) is 9.44. The Morgan fingerprint density at radius 3 is 2.33 bits per heavy atom. The van der Waals surface area contributed by atoms with Crippen LogP contribution in [0.1, 0.15) is 54.6 Å². The van der Waals surface area contributed by atoms with E-state index >= 15 is 0 Å². The van der Waals surface area contributed by atoms with Crippen molar-refractivity contribution in [3.8, 4) is 0 Å². The Labute approximate surface area is 185 Å². The molecule has 2 N–H and O–H groups in total. The van der Waals surface area contributed by atoms with Crippen LogP contribution in [0.5, 0.6) is 0 Å². The van der Waals surface area contributed by atoms with Gasteiger partial charge in [0.05, 0.1) is 12.2 Å². The van der Waals surface area contributed by atoms with Gasteiger partial charge in [-0.15, -0.1) is 11.3 Å². The predicted octanol–water partition coefficient (Wildman–Crippen LogP) is 4.92. The minimum Gasteiger partial charge on any atom is -0.343 e. The molecule has 0 unspecified atom stereocenters. The number of nitrogens with one attached hydrogen (secondary N) is 2. The predicted molar refractivity (Wildman–Crippen MR) is 119 cm³/mol. The Balaban J connectivity index is 1.14. The minimum absolute atomic E-state index is 0.0919. The summed E-state index contributed by atoms with van der Waals surface area (Å²) in [5.74, 6) is 2.21. The van der Waals surface area contributed by atoms with Gasteiger partial charge in [-0.3, -0.25) is 9.59 Å². The van der Waals surface area contributed by atoms with Crippen LogP contribution in [0.25, 0.3) is 0 Å². The molecule has 1 heterocycles. The second-order valence-corrected chi connectivity index (χ2v) is 10.8. The monoisotopic (exact) mass is 443 g/mol. The molecule has 0 spiro atoms. The molecular formula is C23H26ClN3O2S. The highest BCUT2D eigenvalue weighted by molar-refractivity contribution is 7.13. The van der Waals surface area contributed by atoms with Gasteiger partial charge in [0, 0.05) is 16.0 Å². The van der Waals surface area contributed by atoms with Crippen molar-refractivity contribution in [2.45, 2.75) is 44.9 Å². The zero-order chi connectivity index (χ0) is 20.7. The lowest BCUT2D eigenvalue weighted by Gasteiger charge is -2.56. The van der Waals surface area contributed by atoms with Gasteiger partial charge in [0.15, 0.2) is 5.13 Å². The van der Waals surface area contributed by atoms with Crippen molar-refractivity contribution in [1.82, 2.24) is 10.3 Å². The van der Waals surface area contributed by atoms with Gasteiger partial charge in [0.2, 0.25) is 5.91 Å². The number of carbonyl (C=O) groups excluding carboxylic acids is 2. The van der Waals surface area contributed by atoms with Crippen LogP contribution in [0.15, 0.2) is 29.6 Å². The maximum atomic E-state index is 12.2. The molecular weight excluding hydrogens is 418 g/mol. The maximum Gasteiger partial charge on any atom is 0.251 e. The zero-order valence-electron chi connectivity index (χ0n) is 16.8. The van der Waals surface area contributed by atoms with Crippen LogP contribution in [0.2, 0.25) is 5.02 Å². The molecule has 158 valence electrons. The standard InChI is InChI=1S/C23H26ClN3O2S/c24-18-3-1-17(2-4-18)21(29)25-12-20(28)27-22-26-19(13-30-22)11-23-8-14-5-15(9-23)7-16(6-14)10-23/h1-4,13-16H,5-12H2,(H,25,29)(H,26,27,28). The summed E-state index contributed by atoms with van der Waals surface area (Å²) in [4.78, 5) is 29.0. The number of rotatable bonds is 6. The van der Waals surface area contributed by atoms with Gasteiger partial charge in [-0.2, -0.15) is 0 Å². The number of hydrogen-bond acceptors (Lipinski definition) is 4. The smallest absolute Gasteiger partial charge is 0.251 e. The van der Waals surface area contributed by atoms with Crippen molar-refractivity contribution in [2.75, 3.05) is 11.9 Å². The molecule has 4 bridgehead atoms. The molecule has 0 saturated heterocycles. The molecule has 4 saturated carbocycles. The molecule has 4 aliphatic rings. The summed E-state index contributed by atoms with van der Waals surface area (Å²) in [5, 5.41) is 8.71. The van der Waals surface area contributed by atoms with Crippen LogP contribution in [-0.4, -0.2) is 23.3 Å². The third kappa shape index (κ3) is 4.26. The van der Waals surface area contributed by atoms with E-state index in [1.807, 2.05) is 0 Å². The normalized spacial score (nSPS) is 29.0. The van der Waals surface area contributed by atoms with E-state index in [0.29, 0.717) is 21.1 Å². The SMILES string of the molecule is O=C(CNC(=O)c1ccc(Cl)cc1)Nc1nc(CC23CC4CC(CC(C4)C2)C3)cs1. The fraction of sp³-hybridized carbons (Fsp3) is 0.522. The Morgan fingerprint density at radius 2 is 1.70 bits per heavy atom. The van der Waals surface area contributed by atoms with Crippen molar-refractivity contribution in [1.29, 1.82) is 0 Å². The first-order valence-electron chi connectivity index (χ1n) is 10.7. The van der Waals surface area contributed by atoms with E-state index in [1.54, 1.807) is 24.3 Å². The van der Waals surface area contributed by atoms with E-state index in [2.05, 4.69) is 21.0 Å². The Kier molecular flexibility index (Phi) is 5.31. The zero-order valence-corrected chi connectivity index (χ0v) is 18.4. The molecule has 1 aromatic heterocycles. The minimum atomic E-state index is -0.302. The second kappa shape index (κ2) is 7.97. The number of hydrogen-bond donors (Lipinski definition) is 2. The van der Waals surface area contributed by atoms with Gasteiger partial charge >= 0.3 is 0 Å². The van der Waals surface area contributed by atoms with Crippen molar-refractivity contribution >= 4 is 39.9 Å². The molecule has 0 atom stereocenters. The van der Waals surface area contributed by atoms with E-state index in [4.69, 9.17) is 11.6 Å². The second-order valence-electron chi connectivity index (χ2n) is 9.48.